The van der Waals surface area contributed by atoms with E-state index in [1.807, 2.05) is 30.3 Å². The zero-order valence-corrected chi connectivity index (χ0v) is 9.75. The van der Waals surface area contributed by atoms with E-state index in [0.29, 0.717) is 11.8 Å². The number of hydrogen-bond donors (Lipinski definition) is 0. The molecule has 0 saturated heterocycles. The highest BCUT2D eigenvalue weighted by Gasteiger charge is 2.38. The topological polar surface area (TPSA) is 9.23 Å². The van der Waals surface area contributed by atoms with Gasteiger partial charge in [0.25, 0.3) is 0 Å². The Morgan fingerprint density at radius 3 is 2.24 bits per heavy atom. The van der Waals surface area contributed by atoms with Gasteiger partial charge >= 0.3 is 0 Å². The predicted octanol–water partition coefficient (Wildman–Crippen LogP) is 3.87. The highest BCUT2D eigenvalue weighted by Crippen LogP contribution is 2.47. The number of ether oxygens (including phenoxy) is 1. The third-order valence-electron chi connectivity index (χ3n) is 3.36. The van der Waals surface area contributed by atoms with Crippen LogP contribution in [0.25, 0.3) is 0 Å². The van der Waals surface area contributed by atoms with Crippen molar-refractivity contribution < 1.29 is 4.74 Å². The molecule has 1 fully saturated rings. The Labute approximate surface area is 102 Å². The van der Waals surface area contributed by atoms with Gasteiger partial charge in [0.15, 0.2) is 0 Å². The highest BCUT2D eigenvalue weighted by atomic mass is 16.5. The Hall–Kier alpha value is -1.76. The molecule has 0 unspecified atom stereocenters. The van der Waals surface area contributed by atoms with Crippen LogP contribution < -0.4 is 4.74 Å². The minimum absolute atomic E-state index is 0.692. The minimum Gasteiger partial charge on any atom is -0.493 e. The summed E-state index contributed by atoms with van der Waals surface area (Å²) in [6.07, 6.45) is 1.26. The van der Waals surface area contributed by atoms with Crippen molar-refractivity contribution in [2.45, 2.75) is 12.3 Å². The summed E-state index contributed by atoms with van der Waals surface area (Å²) >= 11 is 0. The van der Waals surface area contributed by atoms with Crippen LogP contribution in [0.4, 0.5) is 0 Å². The Morgan fingerprint density at radius 1 is 0.882 bits per heavy atom. The van der Waals surface area contributed by atoms with Crippen molar-refractivity contribution in [1.82, 2.24) is 0 Å². The molecule has 0 aromatic heterocycles. The highest BCUT2D eigenvalue weighted by molar-refractivity contribution is 5.26. The largest absolute Gasteiger partial charge is 0.493 e. The number of benzene rings is 2. The molecule has 1 saturated carbocycles. The fraction of sp³-hybridized carbons (Fsp3) is 0.250. The fourth-order valence-corrected chi connectivity index (χ4v) is 2.26. The van der Waals surface area contributed by atoms with E-state index in [9.17, 15) is 0 Å². The molecule has 0 aliphatic heterocycles. The van der Waals surface area contributed by atoms with Crippen LogP contribution >= 0.6 is 0 Å². The monoisotopic (exact) mass is 224 g/mol. The first-order chi connectivity index (χ1) is 8.43. The number of para-hydroxylation sites is 1. The molecule has 2 aromatic rings. The second-order valence-electron chi connectivity index (χ2n) is 4.64. The van der Waals surface area contributed by atoms with E-state index < -0.39 is 0 Å². The second kappa shape index (κ2) is 4.62. The molecule has 1 heteroatoms. The summed E-state index contributed by atoms with van der Waals surface area (Å²) in [4.78, 5) is 0. The van der Waals surface area contributed by atoms with Crippen LogP contribution in [0, 0.1) is 5.92 Å². The van der Waals surface area contributed by atoms with Crippen LogP contribution in [0.1, 0.15) is 17.9 Å². The van der Waals surface area contributed by atoms with Gasteiger partial charge < -0.3 is 4.74 Å². The lowest BCUT2D eigenvalue weighted by atomic mass is 10.1. The standard InChI is InChI=1S/C16H16O/c1-3-7-13(8-4-1)16-11-14(16)12-17-15-9-5-2-6-10-15/h1-10,14,16H,11-12H2/t14-,16+/m1/s1. The SMILES string of the molecule is c1ccc(OC[C@H]2C[C@H]2c2ccccc2)cc1. The molecule has 2 atom stereocenters. The maximum Gasteiger partial charge on any atom is 0.119 e. The van der Waals surface area contributed by atoms with E-state index in [0.717, 1.165) is 12.4 Å². The Balaban J connectivity index is 1.53. The molecule has 0 radical (unpaired) electrons. The normalized spacial score (nSPS) is 22.1. The van der Waals surface area contributed by atoms with Crippen LogP contribution in [0.2, 0.25) is 0 Å². The summed E-state index contributed by atoms with van der Waals surface area (Å²) in [5, 5.41) is 0. The van der Waals surface area contributed by atoms with Crippen LogP contribution in [0.5, 0.6) is 5.75 Å². The van der Waals surface area contributed by atoms with Gasteiger partial charge in [0.1, 0.15) is 5.75 Å². The molecule has 0 amide bonds. The van der Waals surface area contributed by atoms with Gasteiger partial charge in [0, 0.05) is 5.92 Å². The summed E-state index contributed by atoms with van der Waals surface area (Å²) in [6.45, 7) is 0.837. The van der Waals surface area contributed by atoms with E-state index in [-0.39, 0.29) is 0 Å². The van der Waals surface area contributed by atoms with Crippen molar-refractivity contribution in [3.8, 4) is 5.75 Å². The lowest BCUT2D eigenvalue weighted by molar-refractivity contribution is 0.297. The summed E-state index contributed by atoms with van der Waals surface area (Å²) < 4.78 is 5.78. The molecule has 0 bridgehead atoms. The minimum atomic E-state index is 0.692. The summed E-state index contributed by atoms with van der Waals surface area (Å²) in [5.41, 5.74) is 1.45. The third-order valence-corrected chi connectivity index (χ3v) is 3.36. The van der Waals surface area contributed by atoms with Crippen LogP contribution in [0.3, 0.4) is 0 Å². The van der Waals surface area contributed by atoms with Crippen molar-refractivity contribution in [2.75, 3.05) is 6.61 Å². The Morgan fingerprint density at radius 2 is 1.53 bits per heavy atom. The molecular formula is C16H16O. The average Bonchev–Trinajstić information content (AvgIpc) is 3.18. The van der Waals surface area contributed by atoms with E-state index in [2.05, 4.69) is 30.3 Å². The molecule has 0 N–H and O–H groups in total. The first kappa shape index (κ1) is 10.4. The molecule has 2 aromatic carbocycles. The lowest BCUT2D eigenvalue weighted by Gasteiger charge is -2.05. The molecule has 0 spiro atoms. The lowest BCUT2D eigenvalue weighted by Crippen LogP contribution is -2.00. The second-order valence-corrected chi connectivity index (χ2v) is 4.64. The Bertz CT molecular complexity index is 463. The van der Waals surface area contributed by atoms with Gasteiger partial charge in [-0.25, -0.2) is 0 Å². The molecule has 17 heavy (non-hydrogen) atoms. The third kappa shape index (κ3) is 2.50. The predicted molar refractivity (Wildman–Crippen MR) is 69.2 cm³/mol. The van der Waals surface area contributed by atoms with Crippen molar-refractivity contribution in [2.24, 2.45) is 5.92 Å². The fourth-order valence-electron chi connectivity index (χ4n) is 2.26. The zero-order valence-electron chi connectivity index (χ0n) is 9.75. The van der Waals surface area contributed by atoms with Gasteiger partial charge in [-0.2, -0.15) is 0 Å². The van der Waals surface area contributed by atoms with Gasteiger partial charge in [-0.15, -0.1) is 0 Å². The molecule has 1 nitrogen and oxygen atoms in total. The van der Waals surface area contributed by atoms with E-state index >= 15 is 0 Å². The first-order valence-corrected chi connectivity index (χ1v) is 6.16. The van der Waals surface area contributed by atoms with Crippen molar-refractivity contribution in [3.05, 3.63) is 66.2 Å². The molecule has 1 aliphatic rings. The number of hydrogen-bond acceptors (Lipinski definition) is 1. The van der Waals surface area contributed by atoms with E-state index in [1.54, 1.807) is 0 Å². The molecule has 1 aliphatic carbocycles. The summed E-state index contributed by atoms with van der Waals surface area (Å²) in [7, 11) is 0. The van der Waals surface area contributed by atoms with Gasteiger partial charge in [0.05, 0.1) is 6.61 Å². The Kier molecular flexibility index (Phi) is 2.83. The van der Waals surface area contributed by atoms with E-state index in [4.69, 9.17) is 4.74 Å². The van der Waals surface area contributed by atoms with Gasteiger partial charge in [-0.1, -0.05) is 48.5 Å². The maximum atomic E-state index is 5.78. The van der Waals surface area contributed by atoms with Gasteiger partial charge in [0.2, 0.25) is 0 Å². The average molecular weight is 224 g/mol. The number of rotatable bonds is 4. The molecular weight excluding hydrogens is 208 g/mol. The quantitative estimate of drug-likeness (QED) is 0.766. The van der Waals surface area contributed by atoms with Crippen LogP contribution in [-0.4, -0.2) is 6.61 Å². The zero-order chi connectivity index (χ0) is 11.5. The van der Waals surface area contributed by atoms with E-state index in [1.165, 1.54) is 12.0 Å². The van der Waals surface area contributed by atoms with Gasteiger partial charge in [-0.3, -0.25) is 0 Å². The molecule has 3 rings (SSSR count). The van der Waals surface area contributed by atoms with Crippen molar-refractivity contribution in [3.63, 3.8) is 0 Å². The van der Waals surface area contributed by atoms with Crippen molar-refractivity contribution in [1.29, 1.82) is 0 Å². The summed E-state index contributed by atoms with van der Waals surface area (Å²) in [6, 6.07) is 20.8. The van der Waals surface area contributed by atoms with Gasteiger partial charge in [-0.05, 0) is 30.0 Å². The van der Waals surface area contributed by atoms with Crippen LogP contribution in [-0.2, 0) is 0 Å². The molecule has 0 heterocycles. The first-order valence-electron chi connectivity index (χ1n) is 6.16. The summed E-state index contributed by atoms with van der Waals surface area (Å²) in [5.74, 6) is 2.38. The van der Waals surface area contributed by atoms with Crippen molar-refractivity contribution >= 4 is 0 Å². The maximum absolute atomic E-state index is 5.78. The smallest absolute Gasteiger partial charge is 0.119 e. The van der Waals surface area contributed by atoms with Crippen LogP contribution in [0.15, 0.2) is 60.7 Å². The molecule has 86 valence electrons.